The number of rotatable bonds is 7. The van der Waals surface area contributed by atoms with Crippen molar-refractivity contribution in [2.75, 3.05) is 43.4 Å². The highest BCUT2D eigenvalue weighted by Gasteiger charge is 2.20. The summed E-state index contributed by atoms with van der Waals surface area (Å²) in [5.41, 5.74) is 2.04. The predicted octanol–water partition coefficient (Wildman–Crippen LogP) is 3.99. The van der Waals surface area contributed by atoms with E-state index in [2.05, 4.69) is 42.1 Å². The molecule has 2 aromatic carbocycles. The third-order valence-corrected chi connectivity index (χ3v) is 6.02. The molecule has 5 rings (SSSR count). The summed E-state index contributed by atoms with van der Waals surface area (Å²) in [6.45, 7) is 3.31. The largest absolute Gasteiger partial charge is 0.338 e. The Hall–Kier alpha value is -4.24. The second kappa shape index (κ2) is 10.6. The Morgan fingerprint density at radius 3 is 2.53 bits per heavy atom. The Morgan fingerprint density at radius 1 is 0.944 bits per heavy atom. The third kappa shape index (κ3) is 5.69. The van der Waals surface area contributed by atoms with Crippen LogP contribution in [-0.2, 0) is 6.42 Å². The maximum atomic E-state index is 13.9. The van der Waals surface area contributed by atoms with Crippen molar-refractivity contribution in [3.05, 3.63) is 89.9 Å². The number of anilines is 3. The Labute approximate surface area is 208 Å². The fourth-order valence-electron chi connectivity index (χ4n) is 4.00. The first-order valence-electron chi connectivity index (χ1n) is 11.8. The molecule has 9 heteroatoms. The second-order valence-corrected chi connectivity index (χ2v) is 8.72. The number of pyridine rings is 1. The van der Waals surface area contributed by atoms with E-state index in [9.17, 15) is 9.18 Å². The van der Waals surface area contributed by atoms with Gasteiger partial charge in [-0.2, -0.15) is 15.0 Å². The highest BCUT2D eigenvalue weighted by molar-refractivity contribution is 5.98. The number of piperazine rings is 1. The standard InChI is InChI=1S/C27H26FN7O/c1-34-12-14-35(15-13-34)27-32-25(21-8-5-9-22(28)17-21)31-26(33-27)30-24-18-20(10-11-29-24)23(36)16-19-6-3-2-4-7-19/h2-11,17-18H,12-16H2,1H3,(H,29,30,31,32,33). The molecule has 0 amide bonds. The summed E-state index contributed by atoms with van der Waals surface area (Å²) >= 11 is 0. The van der Waals surface area contributed by atoms with Crippen molar-refractivity contribution in [2.45, 2.75) is 6.42 Å². The van der Waals surface area contributed by atoms with Gasteiger partial charge in [0.25, 0.3) is 0 Å². The van der Waals surface area contributed by atoms with Gasteiger partial charge in [-0.1, -0.05) is 42.5 Å². The summed E-state index contributed by atoms with van der Waals surface area (Å²) in [5, 5.41) is 3.12. The molecule has 182 valence electrons. The minimum atomic E-state index is -0.366. The molecule has 4 aromatic rings. The number of ketones is 1. The highest BCUT2D eigenvalue weighted by atomic mass is 19.1. The van der Waals surface area contributed by atoms with Crippen LogP contribution in [0.15, 0.2) is 72.9 Å². The number of Topliss-reactive ketones (excluding diaryl/α,β-unsaturated/α-hetero) is 1. The van der Waals surface area contributed by atoms with Crippen molar-refractivity contribution in [1.29, 1.82) is 0 Å². The molecular weight excluding hydrogens is 457 g/mol. The monoisotopic (exact) mass is 483 g/mol. The van der Waals surface area contributed by atoms with Crippen LogP contribution in [0.5, 0.6) is 0 Å². The first-order valence-corrected chi connectivity index (χ1v) is 11.8. The second-order valence-electron chi connectivity index (χ2n) is 8.72. The summed E-state index contributed by atoms with van der Waals surface area (Å²) in [7, 11) is 2.08. The van der Waals surface area contributed by atoms with E-state index in [1.807, 2.05) is 30.3 Å². The van der Waals surface area contributed by atoms with Crippen LogP contribution < -0.4 is 10.2 Å². The van der Waals surface area contributed by atoms with Gasteiger partial charge in [0.05, 0.1) is 0 Å². The Morgan fingerprint density at radius 2 is 1.75 bits per heavy atom. The fourth-order valence-corrected chi connectivity index (χ4v) is 4.00. The number of carbonyl (C=O) groups excluding carboxylic acids is 1. The van der Waals surface area contributed by atoms with Crippen molar-refractivity contribution in [3.8, 4) is 11.4 Å². The van der Waals surface area contributed by atoms with Crippen LogP contribution in [0.25, 0.3) is 11.4 Å². The molecule has 1 N–H and O–H groups in total. The summed E-state index contributed by atoms with van der Waals surface area (Å²) in [5.74, 6) is 1.21. The quantitative estimate of drug-likeness (QED) is 0.395. The third-order valence-electron chi connectivity index (χ3n) is 6.02. The molecular formula is C27H26FN7O. The van der Waals surface area contributed by atoms with E-state index in [1.165, 1.54) is 12.1 Å². The minimum absolute atomic E-state index is 0.0131. The maximum Gasteiger partial charge on any atom is 0.233 e. The number of carbonyl (C=O) groups is 1. The van der Waals surface area contributed by atoms with Crippen LogP contribution in [0, 0.1) is 5.82 Å². The van der Waals surface area contributed by atoms with E-state index < -0.39 is 0 Å². The lowest BCUT2D eigenvalue weighted by Gasteiger charge is -2.32. The Kier molecular flexibility index (Phi) is 6.90. The van der Waals surface area contributed by atoms with E-state index >= 15 is 0 Å². The zero-order valence-corrected chi connectivity index (χ0v) is 19.9. The van der Waals surface area contributed by atoms with Gasteiger partial charge in [0.2, 0.25) is 11.9 Å². The lowest BCUT2D eigenvalue weighted by Crippen LogP contribution is -2.45. The van der Waals surface area contributed by atoms with Gasteiger partial charge in [-0.25, -0.2) is 9.37 Å². The molecule has 8 nitrogen and oxygen atoms in total. The predicted molar refractivity (Wildman–Crippen MR) is 137 cm³/mol. The zero-order valence-electron chi connectivity index (χ0n) is 19.9. The lowest BCUT2D eigenvalue weighted by atomic mass is 10.0. The number of nitrogens with one attached hydrogen (secondary N) is 1. The number of hydrogen-bond acceptors (Lipinski definition) is 8. The molecule has 0 aliphatic carbocycles. The van der Waals surface area contributed by atoms with Crippen molar-refractivity contribution >= 4 is 23.5 Å². The minimum Gasteiger partial charge on any atom is -0.338 e. The van der Waals surface area contributed by atoms with Crippen LogP contribution in [0.3, 0.4) is 0 Å². The van der Waals surface area contributed by atoms with Gasteiger partial charge in [-0.3, -0.25) is 4.79 Å². The van der Waals surface area contributed by atoms with E-state index in [4.69, 9.17) is 0 Å². The average Bonchev–Trinajstić information content (AvgIpc) is 2.90. The van der Waals surface area contributed by atoms with Crippen molar-refractivity contribution in [3.63, 3.8) is 0 Å². The van der Waals surface area contributed by atoms with Gasteiger partial charge in [-0.15, -0.1) is 0 Å². The van der Waals surface area contributed by atoms with Gasteiger partial charge in [0.1, 0.15) is 11.6 Å². The first-order chi connectivity index (χ1) is 17.5. The molecule has 1 aliphatic heterocycles. The molecule has 0 bridgehead atoms. The Balaban J connectivity index is 1.43. The van der Waals surface area contributed by atoms with Crippen LogP contribution in [0.4, 0.5) is 22.1 Å². The summed E-state index contributed by atoms with van der Waals surface area (Å²) < 4.78 is 13.9. The van der Waals surface area contributed by atoms with Crippen LogP contribution in [-0.4, -0.2) is 63.8 Å². The fraction of sp³-hybridized carbons (Fsp3) is 0.222. The molecule has 3 heterocycles. The van der Waals surface area contributed by atoms with E-state index in [-0.39, 0.29) is 17.5 Å². The molecule has 2 aromatic heterocycles. The van der Waals surface area contributed by atoms with E-state index in [0.717, 1.165) is 31.7 Å². The molecule has 36 heavy (non-hydrogen) atoms. The summed E-state index contributed by atoms with van der Waals surface area (Å²) in [6, 6.07) is 19.1. The number of halogens is 1. The summed E-state index contributed by atoms with van der Waals surface area (Å²) in [6.07, 6.45) is 1.88. The van der Waals surface area contributed by atoms with Gasteiger partial charge < -0.3 is 15.1 Å². The number of hydrogen-bond donors (Lipinski definition) is 1. The molecule has 0 spiro atoms. The van der Waals surface area contributed by atoms with Gasteiger partial charge in [0, 0.05) is 49.9 Å². The van der Waals surface area contributed by atoms with Gasteiger partial charge in [-0.05, 0) is 36.9 Å². The maximum absolute atomic E-state index is 13.9. The van der Waals surface area contributed by atoms with Gasteiger partial charge >= 0.3 is 0 Å². The first kappa shape index (κ1) is 23.5. The van der Waals surface area contributed by atoms with Crippen LogP contribution in [0.2, 0.25) is 0 Å². The summed E-state index contributed by atoms with van der Waals surface area (Å²) in [4.78, 5) is 35.3. The molecule has 1 aliphatic rings. The van der Waals surface area contributed by atoms with Gasteiger partial charge in [0.15, 0.2) is 11.6 Å². The molecule has 1 saturated heterocycles. The highest BCUT2D eigenvalue weighted by Crippen LogP contribution is 2.23. The normalized spacial score (nSPS) is 14.0. The van der Waals surface area contributed by atoms with E-state index in [0.29, 0.717) is 35.1 Å². The molecule has 0 unspecified atom stereocenters. The van der Waals surface area contributed by atoms with Crippen LogP contribution in [0.1, 0.15) is 15.9 Å². The average molecular weight is 484 g/mol. The molecule has 1 fully saturated rings. The van der Waals surface area contributed by atoms with Crippen molar-refractivity contribution in [2.24, 2.45) is 0 Å². The topological polar surface area (TPSA) is 87.1 Å². The van der Waals surface area contributed by atoms with E-state index in [1.54, 1.807) is 30.5 Å². The SMILES string of the molecule is CN1CCN(c2nc(Nc3cc(C(=O)Cc4ccccc4)ccn3)nc(-c3cccc(F)c3)n2)CC1. The van der Waals surface area contributed by atoms with Crippen molar-refractivity contribution in [1.82, 2.24) is 24.8 Å². The van der Waals surface area contributed by atoms with Crippen LogP contribution >= 0.6 is 0 Å². The number of aromatic nitrogens is 4. The number of benzene rings is 2. The smallest absolute Gasteiger partial charge is 0.233 e. The molecule has 0 radical (unpaired) electrons. The van der Waals surface area contributed by atoms with Crippen molar-refractivity contribution < 1.29 is 9.18 Å². The number of likely N-dealkylation sites (N-methyl/N-ethyl adjacent to an activating group) is 1. The lowest BCUT2D eigenvalue weighted by molar-refractivity contribution is 0.0993. The zero-order chi connectivity index (χ0) is 24.9. The Bertz CT molecular complexity index is 1360. The molecule has 0 atom stereocenters. The molecule has 0 saturated carbocycles. The number of nitrogens with zero attached hydrogens (tertiary/aromatic N) is 6.